The lowest BCUT2D eigenvalue weighted by Gasteiger charge is -2.16. The van der Waals surface area contributed by atoms with Gasteiger partial charge < -0.3 is 15.7 Å². The van der Waals surface area contributed by atoms with Crippen molar-refractivity contribution in [3.63, 3.8) is 0 Å². The molecule has 0 aliphatic carbocycles. The summed E-state index contributed by atoms with van der Waals surface area (Å²) in [6.07, 6.45) is -0.702. The lowest BCUT2D eigenvalue weighted by Crippen LogP contribution is -2.39. The minimum absolute atomic E-state index is 0.325. The van der Waals surface area contributed by atoms with Crippen LogP contribution < -0.4 is 10.6 Å². The summed E-state index contributed by atoms with van der Waals surface area (Å²) in [5.41, 5.74) is 1.76. The highest BCUT2D eigenvalue weighted by molar-refractivity contribution is 7.11. The Kier molecular flexibility index (Phi) is 7.02. The first kappa shape index (κ1) is 18.7. The van der Waals surface area contributed by atoms with Crippen LogP contribution >= 0.6 is 22.9 Å². The molecule has 1 atom stereocenters. The first-order valence-electron chi connectivity index (χ1n) is 7.88. The average Bonchev–Trinajstić information content (AvgIpc) is 2.88. The molecule has 3 N–H and O–H groups in total. The first-order valence-corrected chi connectivity index (χ1v) is 9.08. The Morgan fingerprint density at radius 2 is 2.08 bits per heavy atom. The molecule has 7 heteroatoms. The molecule has 1 unspecified atom stereocenters. The third-order valence-electron chi connectivity index (χ3n) is 3.52. The number of aliphatic hydroxyl groups is 1. The van der Waals surface area contributed by atoms with Gasteiger partial charge in [-0.05, 0) is 26.8 Å². The molecule has 1 aromatic carbocycles. The maximum absolute atomic E-state index is 10.3. The van der Waals surface area contributed by atoms with Crippen LogP contribution in [0.15, 0.2) is 29.3 Å². The molecule has 0 radical (unpaired) electrons. The van der Waals surface area contributed by atoms with Crippen LogP contribution in [0.1, 0.15) is 34.2 Å². The lowest BCUT2D eigenvalue weighted by molar-refractivity contribution is 0.181. The number of aryl methyl sites for hydroxylation is 2. The van der Waals surface area contributed by atoms with Crippen molar-refractivity contribution in [2.24, 2.45) is 4.99 Å². The van der Waals surface area contributed by atoms with Gasteiger partial charge in [0.2, 0.25) is 0 Å². The summed E-state index contributed by atoms with van der Waals surface area (Å²) in [5.74, 6) is 0.647. The maximum atomic E-state index is 10.3. The van der Waals surface area contributed by atoms with Crippen molar-refractivity contribution in [1.82, 2.24) is 15.6 Å². The van der Waals surface area contributed by atoms with Gasteiger partial charge in [0, 0.05) is 28.6 Å². The van der Waals surface area contributed by atoms with E-state index in [9.17, 15) is 5.11 Å². The second kappa shape index (κ2) is 9.01. The summed E-state index contributed by atoms with van der Waals surface area (Å²) < 4.78 is 0. The van der Waals surface area contributed by atoms with Crippen LogP contribution in [0.3, 0.4) is 0 Å². The maximum Gasteiger partial charge on any atom is 0.191 e. The number of nitrogens with zero attached hydrogens (tertiary/aromatic N) is 2. The Hall–Kier alpha value is -1.63. The number of thiazole rings is 1. The smallest absolute Gasteiger partial charge is 0.191 e. The Labute approximate surface area is 151 Å². The molecule has 1 aromatic heterocycles. The van der Waals surface area contributed by atoms with Crippen LogP contribution in [0.4, 0.5) is 0 Å². The van der Waals surface area contributed by atoms with Crippen LogP contribution in [-0.4, -0.2) is 29.1 Å². The van der Waals surface area contributed by atoms with Gasteiger partial charge in [0.1, 0.15) is 5.01 Å². The van der Waals surface area contributed by atoms with Crippen molar-refractivity contribution < 1.29 is 5.11 Å². The minimum atomic E-state index is -0.702. The second-order valence-corrected chi connectivity index (χ2v) is 7.06. The van der Waals surface area contributed by atoms with Crippen molar-refractivity contribution in [2.75, 3.05) is 13.1 Å². The quantitative estimate of drug-likeness (QED) is 0.542. The van der Waals surface area contributed by atoms with Crippen molar-refractivity contribution in [3.05, 3.63) is 50.4 Å². The molecule has 0 bridgehead atoms. The fourth-order valence-corrected chi connectivity index (χ4v) is 3.26. The summed E-state index contributed by atoms with van der Waals surface area (Å²) in [4.78, 5) is 10.2. The van der Waals surface area contributed by atoms with Gasteiger partial charge in [0.25, 0.3) is 0 Å². The van der Waals surface area contributed by atoms with E-state index in [4.69, 9.17) is 11.6 Å². The minimum Gasteiger partial charge on any atom is -0.387 e. The molecule has 0 saturated heterocycles. The fourth-order valence-electron chi connectivity index (χ4n) is 2.14. The molecule has 0 fully saturated rings. The van der Waals surface area contributed by atoms with Gasteiger partial charge in [0.15, 0.2) is 5.96 Å². The number of hydrogen-bond acceptors (Lipinski definition) is 4. The van der Waals surface area contributed by atoms with Gasteiger partial charge in [-0.25, -0.2) is 9.98 Å². The van der Waals surface area contributed by atoms with E-state index < -0.39 is 6.10 Å². The van der Waals surface area contributed by atoms with E-state index in [0.717, 1.165) is 17.2 Å². The Morgan fingerprint density at radius 3 is 2.71 bits per heavy atom. The standard InChI is InChI=1S/C17H23ClN4OS/c1-4-19-17(21-10-16-22-11(2)12(3)24-16)20-9-15(23)13-7-5-6-8-14(13)18/h5-8,15,23H,4,9-10H2,1-3H3,(H2,19,20,21). The molecular weight excluding hydrogens is 344 g/mol. The van der Waals surface area contributed by atoms with Crippen molar-refractivity contribution in [1.29, 1.82) is 0 Å². The van der Waals surface area contributed by atoms with Gasteiger partial charge in [0.05, 0.1) is 18.3 Å². The second-order valence-electron chi connectivity index (χ2n) is 5.36. The summed E-state index contributed by atoms with van der Waals surface area (Å²) in [5, 5.41) is 18.2. The van der Waals surface area contributed by atoms with E-state index >= 15 is 0 Å². The third kappa shape index (κ3) is 5.19. The molecule has 0 aliphatic rings. The van der Waals surface area contributed by atoms with Crippen LogP contribution in [0.25, 0.3) is 0 Å². The molecule has 0 saturated carbocycles. The van der Waals surface area contributed by atoms with Gasteiger partial charge in [-0.1, -0.05) is 29.8 Å². The number of guanidine groups is 1. The number of hydrogen-bond donors (Lipinski definition) is 3. The highest BCUT2D eigenvalue weighted by atomic mass is 35.5. The summed E-state index contributed by atoms with van der Waals surface area (Å²) in [6.45, 7) is 7.64. The topological polar surface area (TPSA) is 69.5 Å². The first-order chi connectivity index (χ1) is 11.5. The van der Waals surface area contributed by atoms with E-state index in [-0.39, 0.29) is 0 Å². The average molecular weight is 367 g/mol. The molecule has 130 valence electrons. The van der Waals surface area contributed by atoms with Crippen LogP contribution in [-0.2, 0) is 6.54 Å². The molecule has 1 heterocycles. The van der Waals surface area contributed by atoms with E-state index in [1.165, 1.54) is 4.88 Å². The molecule has 5 nitrogen and oxygen atoms in total. The predicted molar refractivity (Wildman–Crippen MR) is 101 cm³/mol. The molecule has 0 spiro atoms. The van der Waals surface area contributed by atoms with Gasteiger partial charge in [-0.3, -0.25) is 0 Å². The number of benzene rings is 1. The van der Waals surface area contributed by atoms with Crippen molar-refractivity contribution >= 4 is 28.9 Å². The zero-order chi connectivity index (χ0) is 17.5. The highest BCUT2D eigenvalue weighted by Gasteiger charge is 2.11. The van der Waals surface area contributed by atoms with Crippen LogP contribution in [0, 0.1) is 13.8 Å². The number of aromatic nitrogens is 1. The van der Waals surface area contributed by atoms with Crippen LogP contribution in [0.5, 0.6) is 0 Å². The summed E-state index contributed by atoms with van der Waals surface area (Å²) in [6, 6.07) is 7.29. The van der Waals surface area contributed by atoms with Gasteiger partial charge >= 0.3 is 0 Å². The zero-order valence-corrected chi connectivity index (χ0v) is 15.7. The van der Waals surface area contributed by atoms with Gasteiger partial charge in [-0.2, -0.15) is 0 Å². The molecular formula is C17H23ClN4OS. The Bertz CT molecular complexity index is 682. The highest BCUT2D eigenvalue weighted by Crippen LogP contribution is 2.21. The molecule has 0 amide bonds. The monoisotopic (exact) mass is 366 g/mol. The summed E-state index contributed by atoms with van der Waals surface area (Å²) in [7, 11) is 0. The van der Waals surface area contributed by atoms with E-state index in [1.807, 2.05) is 32.0 Å². The SMILES string of the molecule is CCNC(=NCc1nc(C)c(C)s1)NCC(O)c1ccccc1Cl. The number of rotatable bonds is 6. The molecule has 2 aromatic rings. The van der Waals surface area contributed by atoms with Gasteiger partial charge in [-0.15, -0.1) is 11.3 Å². The molecule has 2 rings (SSSR count). The number of halogens is 1. The Morgan fingerprint density at radius 1 is 1.33 bits per heavy atom. The van der Waals surface area contributed by atoms with E-state index in [1.54, 1.807) is 17.4 Å². The van der Waals surface area contributed by atoms with Crippen LogP contribution in [0.2, 0.25) is 5.02 Å². The van der Waals surface area contributed by atoms with E-state index in [0.29, 0.717) is 29.6 Å². The number of aliphatic imine (C=N–C) groups is 1. The lowest BCUT2D eigenvalue weighted by atomic mass is 10.1. The van der Waals surface area contributed by atoms with Crippen molar-refractivity contribution in [2.45, 2.75) is 33.4 Å². The molecule has 0 aliphatic heterocycles. The number of nitrogens with one attached hydrogen (secondary N) is 2. The fraction of sp³-hybridized carbons (Fsp3) is 0.412. The van der Waals surface area contributed by atoms with E-state index in [2.05, 4.69) is 27.5 Å². The molecule has 24 heavy (non-hydrogen) atoms. The normalized spacial score (nSPS) is 13.0. The largest absolute Gasteiger partial charge is 0.387 e. The predicted octanol–water partition coefficient (Wildman–Crippen LogP) is 3.20. The third-order valence-corrected chi connectivity index (χ3v) is 4.92. The summed E-state index contributed by atoms with van der Waals surface area (Å²) >= 11 is 7.77. The van der Waals surface area contributed by atoms with Crippen molar-refractivity contribution in [3.8, 4) is 0 Å². The number of aliphatic hydroxyl groups excluding tert-OH is 1. The Balaban J connectivity index is 1.97. The zero-order valence-electron chi connectivity index (χ0n) is 14.1.